The van der Waals surface area contributed by atoms with Crippen LogP contribution in [-0.4, -0.2) is 18.4 Å². The fourth-order valence-electron chi connectivity index (χ4n) is 1.81. The van der Waals surface area contributed by atoms with Gasteiger partial charge in [0.25, 0.3) is 0 Å². The van der Waals surface area contributed by atoms with E-state index >= 15 is 0 Å². The first kappa shape index (κ1) is 10.9. The van der Waals surface area contributed by atoms with Gasteiger partial charge in [0.05, 0.1) is 12.5 Å². The Labute approximate surface area is 94.4 Å². The van der Waals surface area contributed by atoms with Crippen LogP contribution in [0.4, 0.5) is 0 Å². The molecule has 0 saturated heterocycles. The van der Waals surface area contributed by atoms with E-state index in [1.54, 1.807) is 19.1 Å². The van der Waals surface area contributed by atoms with Gasteiger partial charge in [-0.2, -0.15) is 0 Å². The molecule has 0 aromatic heterocycles. The predicted octanol–water partition coefficient (Wildman–Crippen LogP) is 2.07. The van der Waals surface area contributed by atoms with Crippen LogP contribution in [0.15, 0.2) is 30.3 Å². The van der Waals surface area contributed by atoms with Crippen molar-refractivity contribution in [2.45, 2.75) is 13.3 Å². The lowest BCUT2D eigenvalue weighted by Gasteiger charge is -2.00. The van der Waals surface area contributed by atoms with E-state index in [4.69, 9.17) is 4.74 Å². The number of carbonyl (C=O) groups is 2. The van der Waals surface area contributed by atoms with Crippen LogP contribution in [0, 0.1) is 11.8 Å². The highest BCUT2D eigenvalue weighted by molar-refractivity contribution is 6.02. The summed E-state index contributed by atoms with van der Waals surface area (Å²) in [6.07, 6.45) is 0.632. The minimum atomic E-state index is -0.239. The summed E-state index contributed by atoms with van der Waals surface area (Å²) in [5.41, 5.74) is 0.680. The molecule has 0 N–H and O–H groups in total. The van der Waals surface area contributed by atoms with Crippen molar-refractivity contribution in [2.75, 3.05) is 6.61 Å². The van der Waals surface area contributed by atoms with E-state index in [0.717, 1.165) is 0 Å². The Bertz CT molecular complexity index is 397. The molecule has 1 aliphatic carbocycles. The molecular formula is C13H14O3. The van der Waals surface area contributed by atoms with Crippen molar-refractivity contribution in [2.24, 2.45) is 11.8 Å². The standard InChI is InChI=1S/C13H14O3/c1-2-16-13(15)11-8-10(11)12(14)9-6-4-3-5-7-9/h3-7,10-11H,2,8H2,1H3/t10-,11+/m0/s1. The SMILES string of the molecule is CCOC(=O)[C@@H]1C[C@@H]1C(=O)c1ccccc1. The second-order valence-corrected chi connectivity index (χ2v) is 3.93. The third-order valence-electron chi connectivity index (χ3n) is 2.77. The number of rotatable bonds is 4. The Morgan fingerprint density at radius 2 is 1.94 bits per heavy atom. The summed E-state index contributed by atoms with van der Waals surface area (Å²) >= 11 is 0. The van der Waals surface area contributed by atoms with Crippen LogP contribution in [0.25, 0.3) is 0 Å². The Balaban J connectivity index is 1.97. The normalized spacial score (nSPS) is 22.6. The fourth-order valence-corrected chi connectivity index (χ4v) is 1.81. The third-order valence-corrected chi connectivity index (χ3v) is 2.77. The molecule has 1 saturated carbocycles. The van der Waals surface area contributed by atoms with Crippen molar-refractivity contribution >= 4 is 11.8 Å². The number of benzene rings is 1. The van der Waals surface area contributed by atoms with Gasteiger partial charge < -0.3 is 4.74 Å². The second kappa shape index (κ2) is 4.47. The second-order valence-electron chi connectivity index (χ2n) is 3.93. The van der Waals surface area contributed by atoms with Gasteiger partial charge in [-0.15, -0.1) is 0 Å². The average molecular weight is 218 g/mol. The van der Waals surface area contributed by atoms with E-state index in [0.29, 0.717) is 18.6 Å². The molecule has 1 aliphatic rings. The highest BCUT2D eigenvalue weighted by Crippen LogP contribution is 2.41. The third kappa shape index (κ3) is 2.13. The van der Waals surface area contributed by atoms with E-state index in [-0.39, 0.29) is 23.6 Å². The molecule has 0 radical (unpaired) electrons. The Hall–Kier alpha value is -1.64. The zero-order valence-corrected chi connectivity index (χ0v) is 9.18. The van der Waals surface area contributed by atoms with Crippen molar-refractivity contribution in [1.82, 2.24) is 0 Å². The minimum absolute atomic E-state index is 0.0543. The van der Waals surface area contributed by atoms with Gasteiger partial charge in [-0.05, 0) is 13.3 Å². The first-order chi connectivity index (χ1) is 7.74. The fraction of sp³-hybridized carbons (Fsp3) is 0.385. The smallest absolute Gasteiger partial charge is 0.309 e. The zero-order valence-electron chi connectivity index (χ0n) is 9.18. The molecule has 2 rings (SSSR count). The molecule has 0 aliphatic heterocycles. The maximum absolute atomic E-state index is 11.9. The summed E-state index contributed by atoms with van der Waals surface area (Å²) in [6.45, 7) is 2.15. The predicted molar refractivity (Wildman–Crippen MR) is 59.0 cm³/mol. The zero-order chi connectivity index (χ0) is 11.5. The first-order valence-electron chi connectivity index (χ1n) is 5.50. The van der Waals surface area contributed by atoms with E-state index in [1.165, 1.54) is 0 Å². The van der Waals surface area contributed by atoms with Crippen LogP contribution < -0.4 is 0 Å². The molecule has 0 bridgehead atoms. The van der Waals surface area contributed by atoms with Crippen molar-refractivity contribution < 1.29 is 14.3 Å². The molecule has 1 aromatic carbocycles. The first-order valence-corrected chi connectivity index (χ1v) is 5.50. The average Bonchev–Trinajstić information content (AvgIpc) is 3.09. The monoisotopic (exact) mass is 218 g/mol. The lowest BCUT2D eigenvalue weighted by atomic mass is 10.1. The number of carbonyl (C=O) groups excluding carboxylic acids is 2. The van der Waals surface area contributed by atoms with Gasteiger partial charge in [-0.1, -0.05) is 30.3 Å². The summed E-state index contributed by atoms with van der Waals surface area (Å²) in [6, 6.07) is 9.09. The van der Waals surface area contributed by atoms with Crippen LogP contribution in [0.2, 0.25) is 0 Å². The van der Waals surface area contributed by atoms with Gasteiger partial charge in [0, 0.05) is 11.5 Å². The lowest BCUT2D eigenvalue weighted by Crippen LogP contribution is -2.11. The summed E-state index contributed by atoms with van der Waals surface area (Å²) < 4.78 is 4.89. The van der Waals surface area contributed by atoms with Crippen LogP contribution >= 0.6 is 0 Å². The van der Waals surface area contributed by atoms with Crippen molar-refractivity contribution in [3.8, 4) is 0 Å². The molecule has 2 atom stereocenters. The number of esters is 1. The summed E-state index contributed by atoms with van der Waals surface area (Å²) in [5.74, 6) is -0.565. The quantitative estimate of drug-likeness (QED) is 0.574. The summed E-state index contributed by atoms with van der Waals surface area (Å²) in [5, 5.41) is 0. The molecule has 1 fully saturated rings. The van der Waals surface area contributed by atoms with Gasteiger partial charge in [0.2, 0.25) is 0 Å². The van der Waals surface area contributed by atoms with E-state index in [9.17, 15) is 9.59 Å². The maximum Gasteiger partial charge on any atom is 0.309 e. The van der Waals surface area contributed by atoms with Crippen LogP contribution in [0.1, 0.15) is 23.7 Å². The van der Waals surface area contributed by atoms with Gasteiger partial charge in [-0.3, -0.25) is 9.59 Å². The van der Waals surface area contributed by atoms with E-state index < -0.39 is 0 Å². The largest absolute Gasteiger partial charge is 0.466 e. The van der Waals surface area contributed by atoms with Gasteiger partial charge in [0.15, 0.2) is 5.78 Å². The molecule has 3 heteroatoms. The Kier molecular flexibility index (Phi) is 3.04. The molecule has 16 heavy (non-hydrogen) atoms. The minimum Gasteiger partial charge on any atom is -0.466 e. The molecule has 84 valence electrons. The van der Waals surface area contributed by atoms with Crippen molar-refractivity contribution in [1.29, 1.82) is 0 Å². The van der Waals surface area contributed by atoms with E-state index in [1.807, 2.05) is 18.2 Å². The van der Waals surface area contributed by atoms with Crippen molar-refractivity contribution in [3.63, 3.8) is 0 Å². The lowest BCUT2D eigenvalue weighted by molar-refractivity contribution is -0.144. The Morgan fingerprint density at radius 1 is 1.25 bits per heavy atom. The molecule has 0 unspecified atom stereocenters. The molecule has 1 aromatic rings. The molecule has 0 heterocycles. The number of hydrogen-bond donors (Lipinski definition) is 0. The highest BCUT2D eigenvalue weighted by Gasteiger charge is 2.48. The summed E-state index contributed by atoms with van der Waals surface area (Å²) in [7, 11) is 0. The number of Topliss-reactive ketones (excluding diaryl/α,β-unsaturated/α-hetero) is 1. The number of hydrogen-bond acceptors (Lipinski definition) is 3. The van der Waals surface area contributed by atoms with Crippen molar-refractivity contribution in [3.05, 3.63) is 35.9 Å². The molecule has 3 nitrogen and oxygen atoms in total. The van der Waals surface area contributed by atoms with E-state index in [2.05, 4.69) is 0 Å². The topological polar surface area (TPSA) is 43.4 Å². The summed E-state index contributed by atoms with van der Waals surface area (Å²) in [4.78, 5) is 23.3. The van der Waals surface area contributed by atoms with Crippen LogP contribution in [-0.2, 0) is 9.53 Å². The Morgan fingerprint density at radius 3 is 2.56 bits per heavy atom. The van der Waals surface area contributed by atoms with Gasteiger partial charge in [-0.25, -0.2) is 0 Å². The number of ketones is 1. The molecule has 0 amide bonds. The maximum atomic E-state index is 11.9. The highest BCUT2D eigenvalue weighted by atomic mass is 16.5. The van der Waals surface area contributed by atoms with Crippen LogP contribution in [0.3, 0.4) is 0 Å². The van der Waals surface area contributed by atoms with Gasteiger partial charge in [0.1, 0.15) is 0 Å². The molecular weight excluding hydrogens is 204 g/mol. The van der Waals surface area contributed by atoms with Gasteiger partial charge >= 0.3 is 5.97 Å². The van der Waals surface area contributed by atoms with Crippen LogP contribution in [0.5, 0.6) is 0 Å². The number of ether oxygens (including phenoxy) is 1. The molecule has 0 spiro atoms.